The van der Waals surface area contributed by atoms with Gasteiger partial charge in [-0.1, -0.05) is 26.0 Å². The molecular weight excluding hydrogens is 226 g/mol. The third kappa shape index (κ3) is 5.52. The first-order valence-corrected chi connectivity index (χ1v) is 6.74. The van der Waals surface area contributed by atoms with Crippen LogP contribution in [0.25, 0.3) is 0 Å². The molecule has 0 aliphatic rings. The van der Waals surface area contributed by atoms with Gasteiger partial charge in [-0.2, -0.15) is 0 Å². The van der Waals surface area contributed by atoms with Crippen LogP contribution < -0.4 is 10.1 Å². The van der Waals surface area contributed by atoms with Crippen LogP contribution in [0.2, 0.25) is 0 Å². The van der Waals surface area contributed by atoms with Gasteiger partial charge in [0.15, 0.2) is 0 Å². The number of methoxy groups -OCH3 is 1. The number of likely N-dealkylation sites (N-methyl/N-ethyl adjacent to an activating group) is 1. The van der Waals surface area contributed by atoms with Crippen LogP contribution in [0.3, 0.4) is 0 Å². The molecule has 0 saturated carbocycles. The summed E-state index contributed by atoms with van der Waals surface area (Å²) in [4.78, 5) is 0. The maximum atomic E-state index is 5.63. The second kappa shape index (κ2) is 8.95. The Hall–Kier alpha value is -1.06. The molecule has 0 aromatic heterocycles. The summed E-state index contributed by atoms with van der Waals surface area (Å²) in [5.41, 5.74) is 1.28. The maximum Gasteiger partial charge on any atom is 0.119 e. The topological polar surface area (TPSA) is 30.5 Å². The summed E-state index contributed by atoms with van der Waals surface area (Å²) in [6.07, 6.45) is 2.03. The van der Waals surface area contributed by atoms with E-state index in [9.17, 15) is 0 Å². The van der Waals surface area contributed by atoms with Crippen molar-refractivity contribution in [1.82, 2.24) is 5.32 Å². The van der Waals surface area contributed by atoms with Crippen LogP contribution in [0.15, 0.2) is 24.3 Å². The molecule has 1 N–H and O–H groups in total. The van der Waals surface area contributed by atoms with Gasteiger partial charge in [-0.25, -0.2) is 0 Å². The Balaban J connectivity index is 2.52. The van der Waals surface area contributed by atoms with Crippen molar-refractivity contribution in [2.75, 3.05) is 26.9 Å². The molecule has 1 aromatic rings. The van der Waals surface area contributed by atoms with Crippen molar-refractivity contribution in [3.8, 4) is 5.75 Å². The zero-order chi connectivity index (χ0) is 13.2. The summed E-state index contributed by atoms with van der Waals surface area (Å²) in [5.74, 6) is 0.914. The first kappa shape index (κ1) is 15.0. The fourth-order valence-electron chi connectivity index (χ4n) is 1.93. The summed E-state index contributed by atoms with van der Waals surface area (Å²) in [7, 11) is 1.70. The lowest BCUT2D eigenvalue weighted by Crippen LogP contribution is -2.35. The Morgan fingerprint density at radius 2 is 2.11 bits per heavy atom. The van der Waals surface area contributed by atoms with E-state index < -0.39 is 0 Å². The summed E-state index contributed by atoms with van der Waals surface area (Å²) in [6, 6.07) is 8.59. The standard InChI is InChI=1S/C15H25NO2/c1-4-9-18-12-14(16-5-2)10-13-7-6-8-15(11-13)17-3/h6-8,11,14,16H,4-5,9-10,12H2,1-3H3. The molecule has 102 valence electrons. The van der Waals surface area contributed by atoms with Gasteiger partial charge in [-0.3, -0.25) is 0 Å². The number of hydrogen-bond acceptors (Lipinski definition) is 3. The van der Waals surface area contributed by atoms with E-state index in [1.165, 1.54) is 5.56 Å². The molecule has 0 aliphatic carbocycles. The first-order chi connectivity index (χ1) is 8.80. The minimum absolute atomic E-state index is 0.369. The zero-order valence-electron chi connectivity index (χ0n) is 11.7. The Kier molecular flexibility index (Phi) is 7.46. The van der Waals surface area contributed by atoms with E-state index in [0.29, 0.717) is 6.04 Å². The Morgan fingerprint density at radius 3 is 2.78 bits per heavy atom. The highest BCUT2D eigenvalue weighted by Crippen LogP contribution is 2.14. The third-order valence-electron chi connectivity index (χ3n) is 2.78. The fourth-order valence-corrected chi connectivity index (χ4v) is 1.93. The summed E-state index contributed by atoms with van der Waals surface area (Å²) in [5, 5.41) is 3.46. The molecule has 1 rings (SSSR count). The molecule has 0 radical (unpaired) electrons. The molecule has 0 spiro atoms. The van der Waals surface area contributed by atoms with E-state index in [0.717, 1.165) is 38.3 Å². The molecule has 1 atom stereocenters. The molecule has 18 heavy (non-hydrogen) atoms. The molecule has 0 heterocycles. The van der Waals surface area contributed by atoms with Crippen molar-refractivity contribution >= 4 is 0 Å². The van der Waals surface area contributed by atoms with Crippen LogP contribution >= 0.6 is 0 Å². The predicted molar refractivity (Wildman–Crippen MR) is 75.3 cm³/mol. The molecule has 0 amide bonds. The highest BCUT2D eigenvalue weighted by Gasteiger charge is 2.09. The summed E-state index contributed by atoms with van der Waals surface area (Å²) in [6.45, 7) is 6.81. The third-order valence-corrected chi connectivity index (χ3v) is 2.78. The van der Waals surface area contributed by atoms with Crippen LogP contribution in [-0.4, -0.2) is 32.9 Å². The van der Waals surface area contributed by atoms with Crippen LogP contribution in [0.4, 0.5) is 0 Å². The normalized spacial score (nSPS) is 12.4. The molecule has 1 unspecified atom stereocenters. The van der Waals surface area contributed by atoms with Gasteiger partial charge in [0.25, 0.3) is 0 Å². The maximum absolute atomic E-state index is 5.63. The first-order valence-electron chi connectivity index (χ1n) is 6.74. The van der Waals surface area contributed by atoms with Crippen molar-refractivity contribution in [2.24, 2.45) is 0 Å². The number of ether oxygens (including phenoxy) is 2. The lowest BCUT2D eigenvalue weighted by molar-refractivity contribution is 0.112. The van der Waals surface area contributed by atoms with Gasteiger partial charge in [0.1, 0.15) is 5.75 Å². The molecule has 0 saturated heterocycles. The minimum atomic E-state index is 0.369. The molecule has 0 fully saturated rings. The Labute approximate surface area is 110 Å². The largest absolute Gasteiger partial charge is 0.497 e. The SMILES string of the molecule is CCCOCC(Cc1cccc(OC)c1)NCC. The monoisotopic (exact) mass is 251 g/mol. The molecule has 0 aliphatic heterocycles. The number of rotatable bonds is 9. The molecule has 3 heteroatoms. The number of nitrogens with one attached hydrogen (secondary N) is 1. The van der Waals surface area contributed by atoms with Crippen molar-refractivity contribution in [3.63, 3.8) is 0 Å². The second-order valence-electron chi connectivity index (χ2n) is 4.39. The molecule has 3 nitrogen and oxygen atoms in total. The van der Waals surface area contributed by atoms with Gasteiger partial charge in [0, 0.05) is 12.6 Å². The number of benzene rings is 1. The van der Waals surface area contributed by atoms with Gasteiger partial charge in [-0.05, 0) is 37.1 Å². The van der Waals surface area contributed by atoms with Crippen LogP contribution in [0, 0.1) is 0 Å². The van der Waals surface area contributed by atoms with Crippen molar-refractivity contribution < 1.29 is 9.47 Å². The quantitative estimate of drug-likeness (QED) is 0.684. The van der Waals surface area contributed by atoms with Crippen molar-refractivity contribution in [1.29, 1.82) is 0 Å². The van der Waals surface area contributed by atoms with Crippen molar-refractivity contribution in [2.45, 2.75) is 32.7 Å². The Bertz CT molecular complexity index is 328. The van der Waals surface area contributed by atoms with Crippen LogP contribution in [0.5, 0.6) is 5.75 Å². The predicted octanol–water partition coefficient (Wildman–Crippen LogP) is 2.64. The summed E-state index contributed by atoms with van der Waals surface area (Å²) >= 11 is 0. The zero-order valence-corrected chi connectivity index (χ0v) is 11.7. The molecule has 0 bridgehead atoms. The van der Waals surface area contributed by atoms with Gasteiger partial charge < -0.3 is 14.8 Å². The van der Waals surface area contributed by atoms with Gasteiger partial charge in [-0.15, -0.1) is 0 Å². The van der Waals surface area contributed by atoms with Gasteiger partial charge in [0.2, 0.25) is 0 Å². The van der Waals surface area contributed by atoms with E-state index in [4.69, 9.17) is 9.47 Å². The molecule has 1 aromatic carbocycles. The average Bonchev–Trinajstić information content (AvgIpc) is 2.39. The van der Waals surface area contributed by atoms with Gasteiger partial charge in [0.05, 0.1) is 13.7 Å². The minimum Gasteiger partial charge on any atom is -0.497 e. The lowest BCUT2D eigenvalue weighted by atomic mass is 10.1. The Morgan fingerprint density at radius 1 is 1.28 bits per heavy atom. The highest BCUT2D eigenvalue weighted by molar-refractivity contribution is 5.28. The van der Waals surface area contributed by atoms with Gasteiger partial charge >= 0.3 is 0 Å². The van der Waals surface area contributed by atoms with E-state index >= 15 is 0 Å². The van der Waals surface area contributed by atoms with E-state index in [2.05, 4.69) is 31.3 Å². The van der Waals surface area contributed by atoms with E-state index in [1.54, 1.807) is 7.11 Å². The van der Waals surface area contributed by atoms with Crippen molar-refractivity contribution in [3.05, 3.63) is 29.8 Å². The summed E-state index contributed by atoms with van der Waals surface area (Å²) < 4.78 is 10.9. The second-order valence-corrected chi connectivity index (χ2v) is 4.39. The number of hydrogen-bond donors (Lipinski definition) is 1. The lowest BCUT2D eigenvalue weighted by Gasteiger charge is -2.18. The highest BCUT2D eigenvalue weighted by atomic mass is 16.5. The van der Waals surface area contributed by atoms with Crippen LogP contribution in [-0.2, 0) is 11.2 Å². The van der Waals surface area contributed by atoms with E-state index in [-0.39, 0.29) is 0 Å². The van der Waals surface area contributed by atoms with Crippen LogP contribution in [0.1, 0.15) is 25.8 Å². The smallest absolute Gasteiger partial charge is 0.119 e. The average molecular weight is 251 g/mol. The van der Waals surface area contributed by atoms with E-state index in [1.807, 2.05) is 12.1 Å². The molecular formula is C15H25NO2. The fraction of sp³-hybridized carbons (Fsp3) is 0.600.